The van der Waals surface area contributed by atoms with E-state index in [4.69, 9.17) is 15.6 Å². The number of nitrogens with two attached hydrogens (primary N) is 1. The molecule has 0 saturated carbocycles. The van der Waals surface area contributed by atoms with Crippen LogP contribution in [0.5, 0.6) is 0 Å². The van der Waals surface area contributed by atoms with Gasteiger partial charge in [-0.05, 0) is 38.4 Å². The largest absolute Gasteiger partial charge is 0.483 e. The van der Waals surface area contributed by atoms with Crippen LogP contribution in [0.25, 0.3) is 0 Å². The Hall–Kier alpha value is -2.35. The van der Waals surface area contributed by atoms with E-state index < -0.39 is 0 Å². The Morgan fingerprint density at radius 2 is 2.26 bits per heavy atom. The molecule has 0 spiro atoms. The normalized spacial score (nSPS) is 17.7. The van der Waals surface area contributed by atoms with E-state index in [1.807, 2.05) is 0 Å². The number of carbonyl (C=O) groups excluding carboxylic acids is 2. The zero-order valence-electron chi connectivity index (χ0n) is 13.0. The van der Waals surface area contributed by atoms with Crippen LogP contribution >= 0.6 is 0 Å². The number of likely N-dealkylation sites (tertiary alicyclic amines) is 1. The highest BCUT2D eigenvalue weighted by Gasteiger charge is 2.23. The number of carbonyl (C=O) groups is 3. The van der Waals surface area contributed by atoms with Crippen molar-refractivity contribution in [2.75, 3.05) is 26.2 Å². The summed E-state index contributed by atoms with van der Waals surface area (Å²) in [6, 6.07) is 1.75. The average Bonchev–Trinajstić information content (AvgIpc) is 3.07. The molecule has 1 atom stereocenters. The molecule has 2 heterocycles. The number of carboxylic acid groups (broad SMARTS) is 1. The van der Waals surface area contributed by atoms with Gasteiger partial charge in [0.05, 0.1) is 11.5 Å². The lowest BCUT2D eigenvalue weighted by molar-refractivity contribution is -0.124. The molecule has 1 fully saturated rings. The minimum Gasteiger partial charge on any atom is -0.483 e. The van der Waals surface area contributed by atoms with E-state index in [0.29, 0.717) is 12.1 Å². The van der Waals surface area contributed by atoms with Gasteiger partial charge in [0.2, 0.25) is 5.91 Å². The third-order valence-electron chi connectivity index (χ3n) is 3.70. The van der Waals surface area contributed by atoms with Crippen LogP contribution in [-0.4, -0.2) is 59.5 Å². The van der Waals surface area contributed by atoms with Crippen molar-refractivity contribution in [2.24, 2.45) is 11.7 Å². The maximum atomic E-state index is 11.7. The highest BCUT2D eigenvalue weighted by molar-refractivity contribution is 5.93. The first kappa shape index (κ1) is 18.7. The van der Waals surface area contributed by atoms with Gasteiger partial charge in [-0.2, -0.15) is 0 Å². The van der Waals surface area contributed by atoms with Crippen molar-refractivity contribution < 1.29 is 19.5 Å². The van der Waals surface area contributed by atoms with Crippen molar-refractivity contribution in [1.29, 1.82) is 0 Å². The van der Waals surface area contributed by atoms with Gasteiger partial charge in [0.25, 0.3) is 12.4 Å². The zero-order valence-corrected chi connectivity index (χ0v) is 13.0. The summed E-state index contributed by atoms with van der Waals surface area (Å²) in [7, 11) is 0. The lowest BCUT2D eigenvalue weighted by Crippen LogP contribution is -2.42. The monoisotopic (exact) mass is 324 g/mol. The molecule has 23 heavy (non-hydrogen) atoms. The fourth-order valence-electron chi connectivity index (χ4n) is 2.56. The second kappa shape index (κ2) is 10.4. The third-order valence-corrected chi connectivity index (χ3v) is 3.70. The minimum absolute atomic E-state index is 0.0156. The highest BCUT2D eigenvalue weighted by atomic mass is 16.3. The average molecular weight is 324 g/mol. The van der Waals surface area contributed by atoms with Gasteiger partial charge in [-0.15, -0.1) is 0 Å². The molecule has 0 bridgehead atoms. The molecule has 2 amide bonds. The Kier molecular flexibility index (Phi) is 8.45. The van der Waals surface area contributed by atoms with Gasteiger partial charge < -0.3 is 26.0 Å². The predicted octanol–water partition coefficient (Wildman–Crippen LogP) is 0.0327. The van der Waals surface area contributed by atoms with Crippen LogP contribution in [-0.2, 0) is 9.59 Å². The molecule has 1 saturated heterocycles. The molecule has 1 aliphatic heterocycles. The molecule has 0 radical (unpaired) electrons. The maximum absolute atomic E-state index is 11.7. The Labute approximate surface area is 135 Å². The SMILES string of the molecule is NC(=O)C1CCCN(CCCNC(=O)c2cc[nH]c2)C1.O=CO. The van der Waals surface area contributed by atoms with Gasteiger partial charge in [0.15, 0.2) is 0 Å². The first-order chi connectivity index (χ1) is 11.1. The number of nitrogens with zero attached hydrogens (tertiary/aromatic N) is 1. The second-order valence-electron chi connectivity index (χ2n) is 5.36. The fourth-order valence-corrected chi connectivity index (χ4v) is 2.56. The molecule has 8 nitrogen and oxygen atoms in total. The van der Waals surface area contributed by atoms with Crippen LogP contribution < -0.4 is 11.1 Å². The van der Waals surface area contributed by atoms with Crippen molar-refractivity contribution in [3.05, 3.63) is 24.0 Å². The van der Waals surface area contributed by atoms with Gasteiger partial charge in [-0.1, -0.05) is 0 Å². The van der Waals surface area contributed by atoms with E-state index in [2.05, 4.69) is 15.2 Å². The standard InChI is InChI=1S/C14H22N4O2.CH2O2/c15-13(19)12-3-1-7-18(10-12)8-2-5-17-14(20)11-4-6-16-9-11;2-1-3/h4,6,9,12,16H,1-3,5,7-8,10H2,(H2,15,19)(H,17,20);1H,(H,2,3). The molecular formula is C15H24N4O4. The van der Waals surface area contributed by atoms with Crippen LogP contribution in [0, 0.1) is 5.92 Å². The summed E-state index contributed by atoms with van der Waals surface area (Å²) in [5, 5.41) is 9.77. The van der Waals surface area contributed by atoms with Crippen molar-refractivity contribution in [1.82, 2.24) is 15.2 Å². The van der Waals surface area contributed by atoms with Gasteiger partial charge in [-0.3, -0.25) is 14.4 Å². The Morgan fingerprint density at radius 3 is 2.87 bits per heavy atom. The number of rotatable bonds is 6. The molecule has 0 aromatic carbocycles. The van der Waals surface area contributed by atoms with E-state index in [0.717, 1.165) is 38.9 Å². The summed E-state index contributed by atoms with van der Waals surface area (Å²) in [5.41, 5.74) is 6.00. The molecule has 0 aliphatic carbocycles. The number of nitrogens with one attached hydrogen (secondary N) is 2. The van der Waals surface area contributed by atoms with Crippen LogP contribution in [0.3, 0.4) is 0 Å². The molecule has 1 aromatic rings. The molecule has 128 valence electrons. The predicted molar refractivity (Wildman–Crippen MR) is 84.8 cm³/mol. The van der Waals surface area contributed by atoms with Gasteiger partial charge in [0, 0.05) is 25.5 Å². The summed E-state index contributed by atoms with van der Waals surface area (Å²) in [4.78, 5) is 36.3. The Balaban J connectivity index is 0.000000816. The van der Waals surface area contributed by atoms with Gasteiger partial charge >= 0.3 is 0 Å². The van der Waals surface area contributed by atoms with Crippen molar-refractivity contribution in [3.8, 4) is 0 Å². The molecule has 1 aromatic heterocycles. The molecule has 5 N–H and O–H groups in total. The number of hydrogen-bond acceptors (Lipinski definition) is 4. The van der Waals surface area contributed by atoms with Crippen LogP contribution in [0.4, 0.5) is 0 Å². The van der Waals surface area contributed by atoms with E-state index in [9.17, 15) is 9.59 Å². The number of aromatic nitrogens is 1. The van der Waals surface area contributed by atoms with Gasteiger partial charge in [0.1, 0.15) is 0 Å². The van der Waals surface area contributed by atoms with Crippen molar-refractivity contribution in [3.63, 3.8) is 0 Å². The summed E-state index contributed by atoms with van der Waals surface area (Å²) in [6.07, 6.45) is 6.20. The summed E-state index contributed by atoms with van der Waals surface area (Å²) >= 11 is 0. The number of primary amides is 1. The van der Waals surface area contributed by atoms with Crippen LogP contribution in [0.2, 0.25) is 0 Å². The topological polar surface area (TPSA) is 129 Å². The third kappa shape index (κ3) is 6.96. The zero-order chi connectivity index (χ0) is 17.1. The number of amides is 2. The van der Waals surface area contributed by atoms with Gasteiger partial charge in [-0.25, -0.2) is 0 Å². The number of aromatic amines is 1. The fraction of sp³-hybridized carbons (Fsp3) is 0.533. The smallest absolute Gasteiger partial charge is 0.290 e. The lowest BCUT2D eigenvalue weighted by atomic mass is 9.97. The Morgan fingerprint density at radius 1 is 1.52 bits per heavy atom. The highest BCUT2D eigenvalue weighted by Crippen LogP contribution is 2.15. The van der Waals surface area contributed by atoms with E-state index in [1.165, 1.54) is 0 Å². The first-order valence-corrected chi connectivity index (χ1v) is 7.59. The van der Waals surface area contributed by atoms with Crippen molar-refractivity contribution >= 4 is 18.3 Å². The summed E-state index contributed by atoms with van der Waals surface area (Å²) in [6.45, 7) is 3.04. The first-order valence-electron chi connectivity index (χ1n) is 7.59. The lowest BCUT2D eigenvalue weighted by Gasteiger charge is -2.31. The summed E-state index contributed by atoms with van der Waals surface area (Å²) in [5.74, 6) is -0.270. The number of hydrogen-bond donors (Lipinski definition) is 4. The second-order valence-corrected chi connectivity index (χ2v) is 5.36. The van der Waals surface area contributed by atoms with Crippen LogP contribution in [0.15, 0.2) is 18.5 Å². The minimum atomic E-state index is -0.250. The summed E-state index contributed by atoms with van der Waals surface area (Å²) < 4.78 is 0. The van der Waals surface area contributed by atoms with E-state index >= 15 is 0 Å². The quantitative estimate of drug-likeness (QED) is 0.433. The molecule has 1 unspecified atom stereocenters. The number of piperidine rings is 1. The molecule has 1 aliphatic rings. The maximum Gasteiger partial charge on any atom is 0.290 e. The molecule has 8 heteroatoms. The number of H-pyrrole nitrogens is 1. The Bertz CT molecular complexity index is 490. The van der Waals surface area contributed by atoms with Crippen molar-refractivity contribution in [2.45, 2.75) is 19.3 Å². The molecule has 2 rings (SSSR count). The van der Waals surface area contributed by atoms with E-state index in [-0.39, 0.29) is 24.2 Å². The van der Waals surface area contributed by atoms with E-state index in [1.54, 1.807) is 18.5 Å². The van der Waals surface area contributed by atoms with Crippen LogP contribution in [0.1, 0.15) is 29.6 Å². The molecular weight excluding hydrogens is 300 g/mol.